The van der Waals surface area contributed by atoms with Crippen molar-refractivity contribution < 1.29 is 57.8 Å². The molecule has 0 spiro atoms. The summed E-state index contributed by atoms with van der Waals surface area (Å²) in [6.07, 6.45) is 4.20. The van der Waals surface area contributed by atoms with Gasteiger partial charge in [0, 0.05) is 55.9 Å². The van der Waals surface area contributed by atoms with Gasteiger partial charge in [-0.2, -0.15) is 0 Å². The standard InChI is InChI=1S/C68H124N12O12/c1-27-29-32-46(15)58(82)57-61(85)71-49(28-2)63(87)73(20)39-54(81)74(21)53(38-43(9)10)66(90)80(34-31-30-33-72(18)19)56(45(13)14)68(92)75(22)50(35-40(3)4)60(84)69-47(16)59(83)70-48(17)62(86)76(23)51(36-41(5)6)64(88)77(24)52(37-42(7)8)65(89)78(25)55(44(11)12)67(91)79(57)26/h27,29,40-53,55-58,82H,28,30-39H2,1-26H3,(H,69,84)(H,70,83)(H,71,85)/b29-27+/t46-,47+,48-,49+,50+,51+,52+,53+,55+,56+,57+,58-/m1/s1. The summed E-state index contributed by atoms with van der Waals surface area (Å²) in [5.74, 6) is -9.46. The minimum atomic E-state index is -1.62. The number of carbonyl (C=O) groups is 11. The van der Waals surface area contributed by atoms with E-state index in [2.05, 4.69) is 16.0 Å². The maximum absolute atomic E-state index is 15.5. The molecule has 12 atom stereocenters. The maximum Gasteiger partial charge on any atom is 0.246 e. The zero-order valence-electron chi connectivity index (χ0n) is 61.3. The van der Waals surface area contributed by atoms with Gasteiger partial charge >= 0.3 is 0 Å². The Labute approximate surface area is 553 Å². The zero-order valence-corrected chi connectivity index (χ0v) is 61.3. The third-order valence-electron chi connectivity index (χ3n) is 17.6. The molecule has 4 N–H and O–H groups in total. The van der Waals surface area contributed by atoms with Gasteiger partial charge in [-0.15, -0.1) is 0 Å². The molecular weight excluding hydrogens is 1180 g/mol. The van der Waals surface area contributed by atoms with Crippen LogP contribution in [0.25, 0.3) is 0 Å². The Morgan fingerprint density at radius 3 is 1.37 bits per heavy atom. The molecule has 0 bridgehead atoms. The first-order chi connectivity index (χ1) is 42.5. The summed E-state index contributed by atoms with van der Waals surface area (Å²) >= 11 is 0. The van der Waals surface area contributed by atoms with E-state index in [9.17, 15) is 33.9 Å². The van der Waals surface area contributed by atoms with E-state index >= 15 is 24.0 Å². The second-order valence-electron chi connectivity index (χ2n) is 28.6. The van der Waals surface area contributed by atoms with Gasteiger partial charge in [0.15, 0.2) is 0 Å². The van der Waals surface area contributed by atoms with Crippen molar-refractivity contribution in [3.05, 3.63) is 12.2 Å². The van der Waals surface area contributed by atoms with Crippen LogP contribution in [0.4, 0.5) is 0 Å². The quantitative estimate of drug-likeness (QED) is 0.0978. The van der Waals surface area contributed by atoms with Gasteiger partial charge in [-0.1, -0.05) is 109 Å². The number of amides is 11. The van der Waals surface area contributed by atoms with E-state index in [1.807, 2.05) is 87.4 Å². The summed E-state index contributed by atoms with van der Waals surface area (Å²) in [6, 6.07) is -12.3. The van der Waals surface area contributed by atoms with Crippen LogP contribution < -0.4 is 16.0 Å². The number of carbonyl (C=O) groups excluding carboxylic acids is 11. The highest BCUT2D eigenvalue weighted by molar-refractivity contribution is 5.99. The first kappa shape index (κ1) is 83.8. The predicted molar refractivity (Wildman–Crippen MR) is 360 cm³/mol. The van der Waals surface area contributed by atoms with Crippen molar-refractivity contribution in [1.82, 2.24) is 60.0 Å². The Balaban J connectivity index is 4.50. The summed E-state index contributed by atoms with van der Waals surface area (Å²) in [4.78, 5) is 176. The molecule has 24 nitrogen and oxygen atoms in total. The third-order valence-corrected chi connectivity index (χ3v) is 17.6. The number of hydrogen-bond acceptors (Lipinski definition) is 13. The van der Waals surface area contributed by atoms with Crippen LogP contribution in [-0.2, 0) is 52.7 Å². The minimum absolute atomic E-state index is 0.0217. The summed E-state index contributed by atoms with van der Waals surface area (Å²) in [7, 11) is 14.0. The van der Waals surface area contributed by atoms with Crippen molar-refractivity contribution in [3.8, 4) is 0 Å². The van der Waals surface area contributed by atoms with Crippen molar-refractivity contribution in [2.24, 2.45) is 41.4 Å². The molecule has 92 heavy (non-hydrogen) atoms. The van der Waals surface area contributed by atoms with Crippen molar-refractivity contribution >= 4 is 65.0 Å². The zero-order chi connectivity index (χ0) is 71.3. The monoisotopic (exact) mass is 1300 g/mol. The Bertz CT molecular complexity index is 2490. The van der Waals surface area contributed by atoms with Crippen LogP contribution in [0.3, 0.4) is 0 Å². The molecule has 528 valence electrons. The van der Waals surface area contributed by atoms with Crippen LogP contribution >= 0.6 is 0 Å². The summed E-state index contributed by atoms with van der Waals surface area (Å²) in [5.41, 5.74) is 0. The molecule has 11 amide bonds. The Morgan fingerprint density at radius 2 is 0.913 bits per heavy atom. The largest absolute Gasteiger partial charge is 0.390 e. The Kier molecular flexibility index (Phi) is 35.4. The molecule has 1 rings (SSSR count). The number of nitrogens with zero attached hydrogens (tertiary/aromatic N) is 9. The average molecular weight is 1300 g/mol. The molecule has 1 heterocycles. The first-order valence-electron chi connectivity index (χ1n) is 33.5. The number of allylic oxidation sites excluding steroid dienone is 2. The number of rotatable bonds is 20. The molecule has 0 radical (unpaired) electrons. The predicted octanol–water partition coefficient (Wildman–Crippen LogP) is 4.32. The Hall–Kier alpha value is -6.17. The highest BCUT2D eigenvalue weighted by Crippen LogP contribution is 2.27. The summed E-state index contributed by atoms with van der Waals surface area (Å²) in [5, 5.41) is 20.5. The van der Waals surface area contributed by atoms with Crippen molar-refractivity contribution in [1.29, 1.82) is 0 Å². The lowest BCUT2D eigenvalue weighted by atomic mass is 9.91. The second-order valence-corrected chi connectivity index (χ2v) is 28.6. The van der Waals surface area contributed by atoms with Gasteiger partial charge in [-0.3, -0.25) is 52.7 Å². The first-order valence-corrected chi connectivity index (χ1v) is 33.5. The van der Waals surface area contributed by atoms with Crippen LogP contribution in [0.2, 0.25) is 0 Å². The molecule has 0 aromatic rings. The van der Waals surface area contributed by atoms with Crippen molar-refractivity contribution in [2.45, 2.75) is 236 Å². The molecule has 0 aromatic carbocycles. The van der Waals surface area contributed by atoms with E-state index in [1.54, 1.807) is 47.6 Å². The van der Waals surface area contributed by atoms with E-state index < -0.39 is 156 Å². The third kappa shape index (κ3) is 24.0. The number of unbranched alkanes of at least 4 members (excludes halogenated alkanes) is 1. The lowest BCUT2D eigenvalue weighted by Gasteiger charge is -2.41. The van der Waals surface area contributed by atoms with E-state index in [0.717, 1.165) is 9.80 Å². The molecule has 0 saturated carbocycles. The number of aliphatic hydroxyl groups is 1. The summed E-state index contributed by atoms with van der Waals surface area (Å²) < 4.78 is 0. The lowest BCUT2D eigenvalue weighted by molar-refractivity contribution is -0.157. The molecule has 0 aromatic heterocycles. The van der Waals surface area contributed by atoms with Crippen LogP contribution in [0.1, 0.15) is 169 Å². The highest BCUT2D eigenvalue weighted by atomic mass is 16.3. The molecule has 0 aliphatic carbocycles. The topological polar surface area (TPSA) is 273 Å². The van der Waals surface area contributed by atoms with Gasteiger partial charge in [0.1, 0.15) is 60.4 Å². The average Bonchev–Trinajstić information content (AvgIpc) is 0.810. The van der Waals surface area contributed by atoms with Crippen molar-refractivity contribution in [2.75, 3.05) is 83.1 Å². The van der Waals surface area contributed by atoms with Crippen LogP contribution in [0.15, 0.2) is 12.2 Å². The molecule has 24 heteroatoms. The van der Waals surface area contributed by atoms with Crippen LogP contribution in [-0.4, -0.2) is 264 Å². The van der Waals surface area contributed by atoms with Gasteiger partial charge in [0.2, 0.25) is 65.0 Å². The van der Waals surface area contributed by atoms with E-state index in [1.165, 1.54) is 92.6 Å². The van der Waals surface area contributed by atoms with Gasteiger partial charge in [-0.25, -0.2) is 0 Å². The minimum Gasteiger partial charge on any atom is -0.390 e. The smallest absolute Gasteiger partial charge is 0.246 e. The highest BCUT2D eigenvalue weighted by Gasteiger charge is 2.46. The maximum atomic E-state index is 15.5. The summed E-state index contributed by atoms with van der Waals surface area (Å²) in [6.45, 7) is 30.5. The molecule has 1 aliphatic heterocycles. The fourth-order valence-corrected chi connectivity index (χ4v) is 12.0. The molecule has 1 fully saturated rings. The molecule has 0 unspecified atom stereocenters. The second kappa shape index (κ2) is 38.9. The van der Waals surface area contributed by atoms with Crippen LogP contribution in [0, 0.1) is 41.4 Å². The van der Waals surface area contributed by atoms with E-state index in [0.29, 0.717) is 25.8 Å². The van der Waals surface area contributed by atoms with Gasteiger partial charge in [-0.05, 0) is 134 Å². The number of nitrogens with one attached hydrogen (secondary N) is 3. The number of aliphatic hydroxyl groups excluding tert-OH is 1. The molecular formula is C68H124N12O12. The van der Waals surface area contributed by atoms with Gasteiger partial charge in [0.25, 0.3) is 0 Å². The van der Waals surface area contributed by atoms with Crippen molar-refractivity contribution in [3.63, 3.8) is 0 Å². The van der Waals surface area contributed by atoms with E-state index in [4.69, 9.17) is 0 Å². The Morgan fingerprint density at radius 1 is 0.489 bits per heavy atom. The number of likely N-dealkylation sites (N-methyl/N-ethyl adjacent to an activating group) is 7. The normalized spacial score (nSPS) is 26.0. The van der Waals surface area contributed by atoms with Gasteiger partial charge in [0.05, 0.1) is 12.6 Å². The van der Waals surface area contributed by atoms with Crippen LogP contribution in [0.5, 0.6) is 0 Å². The molecule has 1 saturated heterocycles. The van der Waals surface area contributed by atoms with Gasteiger partial charge < -0.3 is 65.2 Å². The molecule has 1 aliphatic rings. The van der Waals surface area contributed by atoms with E-state index in [-0.39, 0.29) is 62.3 Å². The number of hydrogen-bond donors (Lipinski definition) is 4. The fraction of sp³-hybridized carbons (Fsp3) is 0.809. The SMILES string of the molecule is C/C=C/C[C@@H](C)[C@@H](O)[C@H]1C(=O)N[C@@H](CC)C(=O)N(C)CC(=O)N(C)[C@@H](CC(C)C)C(=O)N(CCCCN(C)C)[C@@H](C(C)C)C(=O)N(C)[C@@H](CC(C)C)C(=O)N[C@@H](C)C(=O)N[C@H](C)C(=O)N(C)[C@@H](CC(C)C)C(=O)N(C)[C@@H](CC(C)C)C(=O)N(C)[C@@H](C(C)C)C(=O)N1C. The fourth-order valence-electron chi connectivity index (χ4n) is 12.0. The lowest BCUT2D eigenvalue weighted by Crippen LogP contribution is -2.63.